The van der Waals surface area contributed by atoms with E-state index in [0.717, 1.165) is 36.4 Å². The van der Waals surface area contributed by atoms with Crippen molar-refractivity contribution in [3.8, 4) is 80.5 Å². The Balaban J connectivity index is 1.33. The van der Waals surface area contributed by atoms with Crippen LogP contribution in [0.2, 0.25) is 0 Å². The van der Waals surface area contributed by atoms with E-state index in [2.05, 4.69) is 0 Å². The van der Waals surface area contributed by atoms with Gasteiger partial charge in [-0.1, -0.05) is 27.7 Å². The van der Waals surface area contributed by atoms with Crippen molar-refractivity contribution in [3.63, 3.8) is 0 Å². The van der Waals surface area contributed by atoms with E-state index in [1.165, 1.54) is 24.3 Å². The van der Waals surface area contributed by atoms with Crippen LogP contribution in [0.25, 0.3) is 0 Å². The molecular weight excluding hydrogens is 1050 g/mol. The third kappa shape index (κ3) is 8.27. The van der Waals surface area contributed by atoms with E-state index in [1.807, 2.05) is 20.8 Å². The molecule has 11 rings (SSSR count). The maximum absolute atomic E-state index is 12.6. The number of nitro groups is 6. The third-order valence-electron chi connectivity index (χ3n) is 14.9. The third-order valence-corrected chi connectivity index (χ3v) is 14.9. The van der Waals surface area contributed by atoms with Crippen molar-refractivity contribution in [2.45, 2.75) is 77.0 Å². The Hall–Kier alpha value is -10.7. The molecule has 0 saturated carbocycles. The number of nitrogens with zero attached hydrogens (tertiary/aromatic N) is 6. The number of phenols is 2. The molecule has 0 spiro atoms. The molecule has 0 amide bonds. The number of aromatic hydroxyl groups is 2. The molecule has 2 unspecified atom stereocenters. The zero-order valence-electron chi connectivity index (χ0n) is 42.1. The first-order valence-corrected chi connectivity index (χ1v) is 24.8. The maximum atomic E-state index is 12.6. The summed E-state index contributed by atoms with van der Waals surface area (Å²) >= 11 is 0. The first-order chi connectivity index (χ1) is 38.2. The van der Waals surface area contributed by atoms with Gasteiger partial charge in [0.25, 0.3) is 0 Å². The van der Waals surface area contributed by atoms with Crippen molar-refractivity contribution in [3.05, 3.63) is 190 Å². The predicted octanol–water partition coefficient (Wildman–Crippen LogP) is 14.7. The van der Waals surface area contributed by atoms with Crippen molar-refractivity contribution in [1.82, 2.24) is 0 Å². The number of fused-ring (bicyclic) bond motifs is 5. The van der Waals surface area contributed by atoms with Gasteiger partial charge in [0, 0.05) is 92.4 Å². The van der Waals surface area contributed by atoms with Crippen LogP contribution in [0.15, 0.2) is 84.9 Å². The van der Waals surface area contributed by atoms with E-state index in [0.29, 0.717) is 33.4 Å². The number of rotatable bonds is 10. The summed E-state index contributed by atoms with van der Waals surface area (Å²) in [7, 11) is 0. The molecule has 0 radical (unpaired) electrons. The monoisotopic (exact) mass is 1090 g/mol. The lowest BCUT2D eigenvalue weighted by molar-refractivity contribution is -0.422. The highest BCUT2D eigenvalue weighted by atomic mass is 16.7. The predicted molar refractivity (Wildman–Crippen MR) is 277 cm³/mol. The number of phenolic OH excluding ortho intramolecular Hbond substituents is 2. The fourth-order valence-electron chi connectivity index (χ4n) is 11.2. The summed E-state index contributed by atoms with van der Waals surface area (Å²) in [6.45, 7) is 7.30. The standard InChI is InChI=1S/C54H40N6O20/c1-5-23-27-9-29-24(6-2)31-11-33-26(8-4)34-12-32-25(7-3)30-10-28(23)42(62)20-44(30)76-50-14-36(56(65)66)38(58(69)70)16-52(50)78-46(32)22-48(34)80-54-18-40(60(73)74)39(59(71)72)17-53(54)79-47(33)21-45(31)77-51-15-37(57(67)68)35(55(63)64)13-49(51)75-43(29)19-41(27)61/h9-26,61-62H,5-8H2,1-4H3. The van der Waals surface area contributed by atoms with E-state index in [1.54, 1.807) is 31.2 Å². The first-order valence-electron chi connectivity index (χ1n) is 24.8. The molecule has 26 nitrogen and oxygen atoms in total. The Kier molecular flexibility index (Phi) is 12.3. The lowest BCUT2D eigenvalue weighted by Gasteiger charge is -2.29. The molecule has 1 aliphatic carbocycles. The lowest BCUT2D eigenvalue weighted by Crippen LogP contribution is -2.12. The average Bonchev–Trinajstić information content (AvgIpc) is 3.77. The summed E-state index contributed by atoms with van der Waals surface area (Å²) in [4.78, 5) is 69.0. The zero-order valence-corrected chi connectivity index (χ0v) is 42.1. The normalized spacial score (nSPS) is 16.8. The van der Waals surface area contributed by atoms with Gasteiger partial charge in [0.05, 0.1) is 65.9 Å². The summed E-state index contributed by atoms with van der Waals surface area (Å²) in [5.41, 5.74) is -3.13. The van der Waals surface area contributed by atoms with Crippen molar-refractivity contribution < 1.29 is 68.2 Å². The van der Waals surface area contributed by atoms with Crippen LogP contribution < -0.4 is 28.4 Å². The van der Waals surface area contributed by atoms with Gasteiger partial charge < -0.3 is 38.6 Å². The maximum Gasteiger partial charge on any atom is 0.350 e. The number of hydrogen-bond acceptors (Lipinski definition) is 20. The molecule has 0 aromatic heterocycles. The van der Waals surface area contributed by atoms with E-state index < -0.39 is 110 Å². The van der Waals surface area contributed by atoms with Gasteiger partial charge in [-0.3, -0.25) is 60.7 Å². The van der Waals surface area contributed by atoms with Crippen LogP contribution in [0.4, 0.5) is 34.1 Å². The van der Waals surface area contributed by atoms with Crippen LogP contribution in [0.1, 0.15) is 122 Å². The molecule has 2 atom stereocenters. The Morgan fingerprint density at radius 1 is 0.287 bits per heavy atom. The van der Waals surface area contributed by atoms with Crippen LogP contribution >= 0.6 is 0 Å². The molecule has 80 heavy (non-hydrogen) atoms. The molecule has 3 heterocycles. The minimum atomic E-state index is -0.998. The molecule has 3 aliphatic heterocycles. The van der Waals surface area contributed by atoms with E-state index in [4.69, 9.17) is 28.4 Å². The number of ether oxygens (including phenoxy) is 6. The van der Waals surface area contributed by atoms with Gasteiger partial charge in [-0.25, -0.2) is 0 Å². The fraction of sp³-hybridized carbons (Fsp3) is 0.222. The van der Waals surface area contributed by atoms with Crippen LogP contribution in [-0.2, 0) is 0 Å². The first kappa shape index (κ1) is 51.4. The largest absolute Gasteiger partial charge is 0.508 e. The second-order valence-corrected chi connectivity index (χ2v) is 19.1. The quantitative estimate of drug-likeness (QED) is 0.0948. The van der Waals surface area contributed by atoms with Gasteiger partial charge in [-0.2, -0.15) is 0 Å². The highest BCUT2D eigenvalue weighted by molar-refractivity contribution is 5.72. The summed E-state index contributed by atoms with van der Waals surface area (Å²) in [6, 6.07) is 17.0. The van der Waals surface area contributed by atoms with E-state index >= 15 is 0 Å². The topological polar surface area (TPSA) is 355 Å². The van der Waals surface area contributed by atoms with Crippen LogP contribution in [0.5, 0.6) is 80.5 Å². The SMILES string of the molecule is CCC1c2cc3c(cc2O)Oc2cc([N+](=O)[O-])c([N+](=O)[O-])cc2Oc2cc4c(cc2C3CC)C(CC)c2cc3c(cc2Oc2cc([N+](=O)[O-])c([N+](=O)[O-])cc2O4)Oc2cc([N+](=O)[O-])c([N+](=O)[O-])cc2Oc2cc(O)c1cc2C3CC. The molecule has 0 saturated heterocycles. The Labute approximate surface area is 448 Å². The smallest absolute Gasteiger partial charge is 0.350 e. The number of nitro benzene ring substituents is 6. The molecule has 26 heteroatoms. The van der Waals surface area contributed by atoms with Gasteiger partial charge in [-0.15, -0.1) is 0 Å². The van der Waals surface area contributed by atoms with Gasteiger partial charge >= 0.3 is 34.1 Å². The van der Waals surface area contributed by atoms with Crippen LogP contribution in [0, 0.1) is 60.7 Å². The molecule has 7 aromatic rings. The molecule has 8 bridgehead atoms. The minimum Gasteiger partial charge on any atom is -0.508 e. The van der Waals surface area contributed by atoms with Crippen molar-refractivity contribution >= 4 is 34.1 Å². The molecule has 7 aromatic carbocycles. The summed E-state index contributed by atoms with van der Waals surface area (Å²) in [5, 5.41) is 99.4. The second-order valence-electron chi connectivity index (χ2n) is 19.1. The van der Waals surface area contributed by atoms with Crippen LogP contribution in [0.3, 0.4) is 0 Å². The van der Waals surface area contributed by atoms with Gasteiger partial charge in [0.15, 0.2) is 34.5 Å². The molecule has 4 aliphatic rings. The van der Waals surface area contributed by atoms with Gasteiger partial charge in [0.2, 0.25) is 0 Å². The Morgan fingerprint density at radius 3 is 0.650 bits per heavy atom. The summed E-state index contributed by atoms with van der Waals surface area (Å²) in [6.07, 6.45) is 0.901. The van der Waals surface area contributed by atoms with Gasteiger partial charge in [-0.05, 0) is 49.9 Å². The fourth-order valence-corrected chi connectivity index (χ4v) is 11.2. The zero-order chi connectivity index (χ0) is 56.9. The number of benzene rings is 7. The highest BCUT2D eigenvalue weighted by Gasteiger charge is 2.40. The second kappa shape index (κ2) is 19.1. The molecule has 0 fully saturated rings. The van der Waals surface area contributed by atoms with Crippen molar-refractivity contribution in [2.75, 3.05) is 0 Å². The van der Waals surface area contributed by atoms with Crippen molar-refractivity contribution in [2.24, 2.45) is 0 Å². The Morgan fingerprint density at radius 2 is 0.463 bits per heavy atom. The van der Waals surface area contributed by atoms with E-state index in [9.17, 15) is 70.9 Å². The Bertz CT molecular complexity index is 3710. The van der Waals surface area contributed by atoms with E-state index in [-0.39, 0.29) is 94.3 Å². The average molecular weight is 1090 g/mol. The molecule has 2 N–H and O–H groups in total. The number of hydrogen-bond donors (Lipinski definition) is 2. The van der Waals surface area contributed by atoms with Gasteiger partial charge in [0.1, 0.15) is 46.0 Å². The minimum absolute atomic E-state index is 0.0494. The highest BCUT2D eigenvalue weighted by Crippen LogP contribution is 2.59. The summed E-state index contributed by atoms with van der Waals surface area (Å²) < 4.78 is 39.4. The summed E-state index contributed by atoms with van der Waals surface area (Å²) in [5.74, 6) is -6.83. The molecular formula is C54H40N6O20. The lowest BCUT2D eigenvalue weighted by atomic mass is 9.77. The molecule has 406 valence electrons. The van der Waals surface area contributed by atoms with Crippen molar-refractivity contribution in [1.29, 1.82) is 0 Å². The van der Waals surface area contributed by atoms with Crippen LogP contribution in [-0.4, -0.2) is 39.8 Å².